The van der Waals surface area contributed by atoms with Crippen LogP contribution >= 0.6 is 0 Å². The first kappa shape index (κ1) is 14.0. The van der Waals surface area contributed by atoms with Crippen molar-refractivity contribution in [2.24, 2.45) is 0 Å². The van der Waals surface area contributed by atoms with Crippen LogP contribution in [0.5, 0.6) is 0 Å². The Morgan fingerprint density at radius 3 is 2.55 bits per heavy atom. The fourth-order valence-electron chi connectivity index (χ4n) is 1.90. The molecular weight excluding hydrogens is 256 g/mol. The van der Waals surface area contributed by atoms with Crippen LogP contribution in [0, 0.1) is 0 Å². The number of benzene rings is 1. The average Bonchev–Trinajstić information content (AvgIpc) is 2.46. The number of carboxylic acids is 1. The average molecular weight is 272 g/mol. The number of unbranched alkanes of at least 4 members (excludes halogenated alkanes) is 1. The van der Waals surface area contributed by atoms with Gasteiger partial charge in [-0.3, -0.25) is 4.79 Å². The summed E-state index contributed by atoms with van der Waals surface area (Å²) in [4.78, 5) is 22.3. The second-order valence-electron chi connectivity index (χ2n) is 4.55. The van der Waals surface area contributed by atoms with Crippen molar-refractivity contribution in [1.82, 2.24) is 9.78 Å². The molecule has 0 atom stereocenters. The Labute approximate surface area is 116 Å². The number of aromatic carboxylic acids is 1. The molecule has 0 bridgehead atoms. The van der Waals surface area contributed by atoms with E-state index in [9.17, 15) is 9.59 Å². The Hall–Kier alpha value is -2.43. The number of carbonyl (C=O) groups is 1. The molecule has 5 nitrogen and oxygen atoms in total. The topological polar surface area (TPSA) is 72.2 Å². The third kappa shape index (κ3) is 3.12. The summed E-state index contributed by atoms with van der Waals surface area (Å²) in [5, 5.41) is 12.7. The summed E-state index contributed by atoms with van der Waals surface area (Å²) < 4.78 is 1.40. The quantitative estimate of drug-likeness (QED) is 0.906. The van der Waals surface area contributed by atoms with Gasteiger partial charge in [0.2, 0.25) is 11.1 Å². The molecule has 20 heavy (non-hydrogen) atoms. The van der Waals surface area contributed by atoms with Crippen LogP contribution in [0.2, 0.25) is 0 Å². The van der Waals surface area contributed by atoms with Crippen molar-refractivity contribution in [1.29, 1.82) is 0 Å². The van der Waals surface area contributed by atoms with Gasteiger partial charge in [0.15, 0.2) is 0 Å². The van der Waals surface area contributed by atoms with E-state index < -0.39 is 17.1 Å². The summed E-state index contributed by atoms with van der Waals surface area (Å²) in [7, 11) is 0. The van der Waals surface area contributed by atoms with Gasteiger partial charge >= 0.3 is 5.97 Å². The fraction of sp³-hybridized carbons (Fsp3) is 0.267. The zero-order chi connectivity index (χ0) is 14.5. The highest BCUT2D eigenvalue weighted by Gasteiger charge is 2.11. The van der Waals surface area contributed by atoms with Gasteiger partial charge in [-0.1, -0.05) is 25.5 Å². The molecular formula is C15H16N2O3. The van der Waals surface area contributed by atoms with E-state index >= 15 is 0 Å². The lowest BCUT2D eigenvalue weighted by molar-refractivity contribution is 0.0687. The Morgan fingerprint density at radius 1 is 1.25 bits per heavy atom. The van der Waals surface area contributed by atoms with Gasteiger partial charge in [-0.15, -0.1) is 0 Å². The van der Waals surface area contributed by atoms with Crippen molar-refractivity contribution in [3.63, 3.8) is 0 Å². The SMILES string of the molecule is CCCCc1ccc(-n2ccc(=O)c(C(=O)O)n2)cc1. The molecule has 0 aliphatic heterocycles. The highest BCUT2D eigenvalue weighted by Crippen LogP contribution is 2.10. The zero-order valence-electron chi connectivity index (χ0n) is 11.2. The van der Waals surface area contributed by atoms with Crippen molar-refractivity contribution in [2.45, 2.75) is 26.2 Å². The van der Waals surface area contributed by atoms with E-state index in [1.807, 2.05) is 24.3 Å². The fourth-order valence-corrected chi connectivity index (χ4v) is 1.90. The van der Waals surface area contributed by atoms with Crippen molar-refractivity contribution < 1.29 is 9.90 Å². The first-order valence-corrected chi connectivity index (χ1v) is 6.54. The van der Waals surface area contributed by atoms with E-state index in [0.29, 0.717) is 0 Å². The molecule has 0 aliphatic carbocycles. The van der Waals surface area contributed by atoms with Gasteiger partial charge in [-0.25, -0.2) is 9.48 Å². The molecule has 1 aromatic heterocycles. The normalized spacial score (nSPS) is 10.4. The molecule has 0 amide bonds. The molecule has 0 spiro atoms. The lowest BCUT2D eigenvalue weighted by atomic mass is 10.1. The maximum Gasteiger partial charge on any atom is 0.360 e. The van der Waals surface area contributed by atoms with E-state index in [1.54, 1.807) is 0 Å². The lowest BCUT2D eigenvalue weighted by Gasteiger charge is -2.07. The Bertz CT molecular complexity index is 660. The Kier molecular flexibility index (Phi) is 4.30. The first-order valence-electron chi connectivity index (χ1n) is 6.54. The first-order chi connectivity index (χ1) is 9.61. The van der Waals surface area contributed by atoms with Gasteiger partial charge in [0.05, 0.1) is 5.69 Å². The van der Waals surface area contributed by atoms with Crippen molar-refractivity contribution in [2.75, 3.05) is 0 Å². The number of aromatic nitrogens is 2. The van der Waals surface area contributed by atoms with Crippen LogP contribution in [-0.2, 0) is 6.42 Å². The number of aryl methyl sites for hydroxylation is 1. The van der Waals surface area contributed by atoms with Gasteiger partial charge in [-0.05, 0) is 30.5 Å². The summed E-state index contributed by atoms with van der Waals surface area (Å²) in [6.07, 6.45) is 4.77. The van der Waals surface area contributed by atoms with E-state index in [1.165, 1.54) is 22.5 Å². The third-order valence-electron chi connectivity index (χ3n) is 3.03. The van der Waals surface area contributed by atoms with Gasteiger partial charge in [0, 0.05) is 12.3 Å². The maximum absolute atomic E-state index is 11.4. The van der Waals surface area contributed by atoms with Gasteiger partial charge in [0.1, 0.15) is 0 Å². The number of hydrogen-bond acceptors (Lipinski definition) is 3. The minimum atomic E-state index is -1.32. The highest BCUT2D eigenvalue weighted by molar-refractivity contribution is 5.84. The molecule has 0 fully saturated rings. The molecule has 1 heterocycles. The van der Waals surface area contributed by atoms with Gasteiger partial charge in [-0.2, -0.15) is 5.10 Å². The zero-order valence-corrected chi connectivity index (χ0v) is 11.2. The van der Waals surface area contributed by atoms with E-state index in [2.05, 4.69) is 12.0 Å². The molecule has 5 heteroatoms. The smallest absolute Gasteiger partial charge is 0.360 e. The third-order valence-corrected chi connectivity index (χ3v) is 3.03. The molecule has 2 rings (SSSR count). The van der Waals surface area contributed by atoms with Crippen molar-refractivity contribution in [3.05, 3.63) is 58.0 Å². The summed E-state index contributed by atoms with van der Waals surface area (Å²) >= 11 is 0. The van der Waals surface area contributed by atoms with E-state index in [-0.39, 0.29) is 0 Å². The van der Waals surface area contributed by atoms with Crippen LogP contribution in [-0.4, -0.2) is 20.9 Å². The highest BCUT2D eigenvalue weighted by atomic mass is 16.4. The Morgan fingerprint density at radius 2 is 1.95 bits per heavy atom. The molecule has 0 saturated carbocycles. The number of hydrogen-bond donors (Lipinski definition) is 1. The summed E-state index contributed by atoms with van der Waals surface area (Å²) in [5.41, 5.74) is 0.902. The minimum Gasteiger partial charge on any atom is -0.476 e. The maximum atomic E-state index is 11.4. The van der Waals surface area contributed by atoms with Gasteiger partial charge < -0.3 is 5.11 Å². The van der Waals surface area contributed by atoms with E-state index in [0.717, 1.165) is 24.9 Å². The molecule has 1 aromatic carbocycles. The minimum absolute atomic E-state index is 0.470. The van der Waals surface area contributed by atoms with Crippen LogP contribution in [0.25, 0.3) is 5.69 Å². The largest absolute Gasteiger partial charge is 0.476 e. The van der Waals surface area contributed by atoms with E-state index in [4.69, 9.17) is 5.11 Å². The second kappa shape index (κ2) is 6.14. The molecule has 0 aliphatic rings. The molecule has 2 aromatic rings. The van der Waals surface area contributed by atoms with Crippen LogP contribution < -0.4 is 5.43 Å². The monoisotopic (exact) mass is 272 g/mol. The number of nitrogens with zero attached hydrogens (tertiary/aromatic N) is 2. The van der Waals surface area contributed by atoms with Crippen LogP contribution in [0.4, 0.5) is 0 Å². The summed E-state index contributed by atoms with van der Waals surface area (Å²) in [5.74, 6) is -1.32. The van der Waals surface area contributed by atoms with Crippen molar-refractivity contribution >= 4 is 5.97 Å². The summed E-state index contributed by atoms with van der Waals surface area (Å²) in [6.45, 7) is 2.14. The van der Waals surface area contributed by atoms with Gasteiger partial charge in [0.25, 0.3) is 0 Å². The van der Waals surface area contributed by atoms with Crippen LogP contribution in [0.1, 0.15) is 35.8 Å². The molecule has 104 valence electrons. The molecule has 0 saturated heterocycles. The standard InChI is InChI=1S/C15H16N2O3/c1-2-3-4-11-5-7-12(8-6-11)17-10-9-13(18)14(16-17)15(19)20/h5-10H,2-4H2,1H3,(H,19,20). The summed E-state index contributed by atoms with van der Waals surface area (Å²) in [6, 6.07) is 8.93. The second-order valence-corrected chi connectivity index (χ2v) is 4.55. The van der Waals surface area contributed by atoms with Crippen molar-refractivity contribution in [3.8, 4) is 5.69 Å². The molecule has 0 radical (unpaired) electrons. The number of carboxylic acid groups (broad SMARTS) is 1. The predicted octanol–water partition coefficient (Wildman–Crippen LogP) is 2.27. The predicted molar refractivity (Wildman–Crippen MR) is 75.4 cm³/mol. The van der Waals surface area contributed by atoms with Crippen LogP contribution in [0.15, 0.2) is 41.3 Å². The van der Waals surface area contributed by atoms with Crippen LogP contribution in [0.3, 0.4) is 0 Å². The molecule has 0 unspecified atom stereocenters. The lowest BCUT2D eigenvalue weighted by Crippen LogP contribution is -2.20. The molecule has 1 N–H and O–H groups in total. The number of rotatable bonds is 5. The Balaban J connectivity index is 2.30.